The molecular weight excluding hydrogens is 314 g/mol. The first kappa shape index (κ1) is 15.4. The Morgan fingerprint density at radius 3 is 3.05 bits per heavy atom. The minimum Gasteiger partial charge on any atom is -0.499 e. The van der Waals surface area contributed by atoms with E-state index in [1.807, 2.05) is 13.0 Å². The van der Waals surface area contributed by atoms with Crippen molar-refractivity contribution in [3.8, 4) is 11.6 Å². The summed E-state index contributed by atoms with van der Waals surface area (Å²) in [6, 6.07) is 10.2. The van der Waals surface area contributed by atoms with E-state index in [0.717, 1.165) is 16.6 Å². The fourth-order valence-corrected chi connectivity index (χ4v) is 1.86. The van der Waals surface area contributed by atoms with E-state index in [1.165, 1.54) is 0 Å². The molecule has 6 heteroatoms. The van der Waals surface area contributed by atoms with Gasteiger partial charge in [0.1, 0.15) is 11.6 Å². The van der Waals surface area contributed by atoms with Gasteiger partial charge in [-0.2, -0.15) is 6.07 Å². The molecule has 3 rings (SSSR count). The standard InChI is InChI=1S/C13H11BNO3.Rb/c1-9-2-5-13(15-7-9)18-11-3-4-12-10(6-11)8-17-14(12)16;/h3-7,16H,8H2,1H3;/q-1;+1. The Balaban J connectivity index is 0.00000133. The van der Waals surface area contributed by atoms with Crippen molar-refractivity contribution in [1.29, 1.82) is 0 Å². The zero-order chi connectivity index (χ0) is 12.5. The second-order valence-corrected chi connectivity index (χ2v) is 4.19. The van der Waals surface area contributed by atoms with Gasteiger partial charge in [0.05, 0.1) is 6.61 Å². The van der Waals surface area contributed by atoms with E-state index in [2.05, 4.69) is 11.1 Å². The number of hydrogen-bond donors (Lipinski definition) is 1. The SMILES string of the molecule is Cc1[c-]cc(Oc2ccc3c(c2)COB3O)nc1.[Rb+]. The van der Waals surface area contributed by atoms with Crippen LogP contribution < -0.4 is 68.4 Å². The first-order valence-electron chi connectivity index (χ1n) is 5.67. The topological polar surface area (TPSA) is 51.6 Å². The van der Waals surface area contributed by atoms with Gasteiger partial charge in [-0.3, -0.25) is 0 Å². The van der Waals surface area contributed by atoms with Crippen molar-refractivity contribution < 1.29 is 72.6 Å². The smallest absolute Gasteiger partial charge is 0.499 e. The Kier molecular flexibility index (Phi) is 5.34. The van der Waals surface area contributed by atoms with Gasteiger partial charge >= 0.3 is 65.3 Å². The number of benzene rings is 1. The zero-order valence-electron chi connectivity index (χ0n) is 10.9. The second kappa shape index (κ2) is 6.61. The third-order valence-corrected chi connectivity index (χ3v) is 2.81. The van der Waals surface area contributed by atoms with Crippen LogP contribution in [0.4, 0.5) is 0 Å². The van der Waals surface area contributed by atoms with Crippen molar-refractivity contribution in [3.05, 3.63) is 47.7 Å². The molecule has 2 heterocycles. The van der Waals surface area contributed by atoms with Crippen molar-refractivity contribution in [2.45, 2.75) is 13.5 Å². The molecule has 1 N–H and O–H groups in total. The summed E-state index contributed by atoms with van der Waals surface area (Å²) >= 11 is 0. The molecule has 19 heavy (non-hydrogen) atoms. The van der Waals surface area contributed by atoms with Crippen molar-refractivity contribution in [3.63, 3.8) is 0 Å². The van der Waals surface area contributed by atoms with Crippen LogP contribution >= 0.6 is 0 Å². The number of nitrogens with zero attached hydrogens (tertiary/aromatic N) is 1. The van der Waals surface area contributed by atoms with Crippen LogP contribution in [0.5, 0.6) is 11.6 Å². The molecule has 1 aliphatic rings. The second-order valence-electron chi connectivity index (χ2n) is 4.19. The predicted octanol–water partition coefficient (Wildman–Crippen LogP) is -1.80. The van der Waals surface area contributed by atoms with E-state index >= 15 is 0 Å². The monoisotopic (exact) mass is 325 g/mol. The van der Waals surface area contributed by atoms with Crippen LogP contribution in [0, 0.1) is 13.0 Å². The third-order valence-electron chi connectivity index (χ3n) is 2.81. The normalized spacial score (nSPS) is 12.8. The number of ether oxygens (including phenoxy) is 1. The van der Waals surface area contributed by atoms with Gasteiger partial charge in [-0.05, 0) is 23.2 Å². The maximum absolute atomic E-state index is 9.51. The van der Waals surface area contributed by atoms with E-state index in [1.54, 1.807) is 24.4 Å². The number of pyridine rings is 1. The van der Waals surface area contributed by atoms with Crippen LogP contribution in [0.1, 0.15) is 11.1 Å². The van der Waals surface area contributed by atoms with Gasteiger partial charge in [-0.1, -0.05) is 19.2 Å². The average Bonchev–Trinajstić information content (AvgIpc) is 2.74. The van der Waals surface area contributed by atoms with Gasteiger partial charge in [-0.15, -0.1) is 11.6 Å². The van der Waals surface area contributed by atoms with Gasteiger partial charge in [-0.25, -0.2) is 0 Å². The summed E-state index contributed by atoms with van der Waals surface area (Å²) in [7, 11) is -0.820. The van der Waals surface area contributed by atoms with Crippen LogP contribution in [-0.4, -0.2) is 17.1 Å². The predicted molar refractivity (Wildman–Crippen MR) is 66.7 cm³/mol. The molecule has 0 unspecified atom stereocenters. The minimum atomic E-state index is -0.820. The fourth-order valence-electron chi connectivity index (χ4n) is 1.86. The van der Waals surface area contributed by atoms with Crippen molar-refractivity contribution in [2.24, 2.45) is 0 Å². The van der Waals surface area contributed by atoms with Crippen LogP contribution in [0.25, 0.3) is 0 Å². The maximum atomic E-state index is 9.51. The largest absolute Gasteiger partial charge is 1.00 e. The summed E-state index contributed by atoms with van der Waals surface area (Å²) in [6.07, 6.45) is 1.70. The van der Waals surface area contributed by atoms with Crippen molar-refractivity contribution >= 4 is 12.6 Å². The Labute approximate surface area is 161 Å². The van der Waals surface area contributed by atoms with Crippen LogP contribution in [0.2, 0.25) is 0 Å². The molecule has 0 bridgehead atoms. The van der Waals surface area contributed by atoms with E-state index in [9.17, 15) is 5.02 Å². The molecule has 0 fully saturated rings. The molecule has 1 aromatic carbocycles. The molecule has 1 aliphatic heterocycles. The van der Waals surface area contributed by atoms with Crippen molar-refractivity contribution in [1.82, 2.24) is 4.98 Å². The van der Waals surface area contributed by atoms with Gasteiger partial charge in [0.2, 0.25) is 0 Å². The molecule has 0 amide bonds. The van der Waals surface area contributed by atoms with Crippen LogP contribution in [0.3, 0.4) is 0 Å². The molecule has 0 radical (unpaired) electrons. The van der Waals surface area contributed by atoms with Crippen LogP contribution in [-0.2, 0) is 11.3 Å². The summed E-state index contributed by atoms with van der Waals surface area (Å²) < 4.78 is 10.7. The molecule has 1 aromatic heterocycles. The molecule has 0 saturated heterocycles. The Morgan fingerprint density at radius 1 is 1.47 bits per heavy atom. The Morgan fingerprint density at radius 2 is 2.32 bits per heavy atom. The quantitative estimate of drug-likeness (QED) is 0.523. The van der Waals surface area contributed by atoms with Gasteiger partial charge in [0.25, 0.3) is 0 Å². The summed E-state index contributed by atoms with van der Waals surface area (Å²) in [5.41, 5.74) is 2.70. The maximum Gasteiger partial charge on any atom is 1.00 e. The van der Waals surface area contributed by atoms with Gasteiger partial charge in [0, 0.05) is 0 Å². The fraction of sp³-hybridized carbons (Fsp3) is 0.154. The first-order chi connectivity index (χ1) is 8.72. The van der Waals surface area contributed by atoms with Gasteiger partial charge in [0.15, 0.2) is 0 Å². The number of aryl methyl sites for hydroxylation is 1. The zero-order valence-corrected chi connectivity index (χ0v) is 15.8. The molecule has 0 spiro atoms. The van der Waals surface area contributed by atoms with E-state index in [4.69, 9.17) is 9.39 Å². The van der Waals surface area contributed by atoms with E-state index < -0.39 is 7.12 Å². The molecule has 0 aliphatic carbocycles. The summed E-state index contributed by atoms with van der Waals surface area (Å²) in [4.78, 5) is 4.15. The Hall–Kier alpha value is -0.0399. The van der Waals surface area contributed by atoms with Crippen molar-refractivity contribution in [2.75, 3.05) is 0 Å². The van der Waals surface area contributed by atoms with Gasteiger partial charge < -0.3 is 19.4 Å². The number of hydrogen-bond acceptors (Lipinski definition) is 4. The molecule has 0 saturated carbocycles. The molecule has 4 nitrogen and oxygen atoms in total. The van der Waals surface area contributed by atoms with E-state index in [-0.39, 0.29) is 58.2 Å². The number of rotatable bonds is 2. The van der Waals surface area contributed by atoms with E-state index in [0.29, 0.717) is 18.2 Å². The summed E-state index contributed by atoms with van der Waals surface area (Å²) in [5.74, 6) is 1.18. The average molecular weight is 326 g/mol. The summed E-state index contributed by atoms with van der Waals surface area (Å²) in [6.45, 7) is 2.33. The Bertz CT molecular complexity index is 577. The molecule has 0 atom stereocenters. The number of fused-ring (bicyclic) bond motifs is 1. The number of aromatic nitrogens is 1. The molecular formula is C13H11BNO3Rb. The first-order valence-corrected chi connectivity index (χ1v) is 5.67. The third kappa shape index (κ3) is 3.54. The molecule has 90 valence electrons. The molecule has 2 aromatic rings. The minimum absolute atomic E-state index is 0. The van der Waals surface area contributed by atoms with Crippen LogP contribution in [0.15, 0.2) is 30.5 Å². The summed E-state index contributed by atoms with van der Waals surface area (Å²) in [5, 5.41) is 9.51.